The number of alkyl halides is 3. The lowest BCUT2D eigenvalue weighted by atomic mass is 9.96. The molecule has 2 aromatic heterocycles. The number of nitrogens with one attached hydrogen (secondary N) is 2. The molecule has 13 heteroatoms. The van der Waals surface area contributed by atoms with E-state index in [0.29, 0.717) is 17.0 Å². The van der Waals surface area contributed by atoms with Gasteiger partial charge in [-0.3, -0.25) is 9.79 Å². The van der Waals surface area contributed by atoms with Gasteiger partial charge in [-0.1, -0.05) is 71.0 Å². The summed E-state index contributed by atoms with van der Waals surface area (Å²) in [5.74, 6) is -0.482. The Kier molecular flexibility index (Phi) is 7.44. The Bertz CT molecular complexity index is 1500. The van der Waals surface area contributed by atoms with E-state index in [1.54, 1.807) is 6.92 Å². The minimum Gasteiger partial charge on any atom is -0.402 e. The fraction of sp³-hybridized carbons (Fsp3) is 0.269. The van der Waals surface area contributed by atoms with Crippen molar-refractivity contribution in [2.75, 3.05) is 24.4 Å². The summed E-state index contributed by atoms with van der Waals surface area (Å²) in [5, 5.41) is 12.6. The minimum atomic E-state index is -4.66. The number of anilines is 2. The fourth-order valence-corrected chi connectivity index (χ4v) is 5.03. The number of benzene rings is 2. The molecule has 39 heavy (non-hydrogen) atoms. The molecule has 202 valence electrons. The first kappa shape index (κ1) is 26.5. The number of ether oxygens (including phenoxy) is 1. The van der Waals surface area contributed by atoms with Crippen molar-refractivity contribution >= 4 is 33.8 Å². The second-order valence-electron chi connectivity index (χ2n) is 8.80. The topological polar surface area (TPSA) is 115 Å². The van der Waals surface area contributed by atoms with Crippen LogP contribution in [0.25, 0.3) is 11.6 Å². The molecule has 0 radical (unpaired) electrons. The molecular weight excluding hydrogens is 533 g/mol. The first-order chi connectivity index (χ1) is 18.7. The zero-order valence-corrected chi connectivity index (χ0v) is 21.6. The number of aromatic nitrogens is 3. The molecule has 2 N–H and O–H groups in total. The van der Waals surface area contributed by atoms with Gasteiger partial charge in [0, 0.05) is 30.7 Å². The van der Waals surface area contributed by atoms with E-state index in [1.165, 1.54) is 7.11 Å². The highest BCUT2D eigenvalue weighted by atomic mass is 32.1. The Hall–Kier alpha value is -4.10. The number of hydrogen-bond donors (Lipinski definition) is 2. The third-order valence-electron chi connectivity index (χ3n) is 5.80. The van der Waals surface area contributed by atoms with Crippen molar-refractivity contribution in [3.8, 4) is 11.6 Å². The summed E-state index contributed by atoms with van der Waals surface area (Å²) in [7, 11) is 1.49. The van der Waals surface area contributed by atoms with Crippen molar-refractivity contribution in [3.63, 3.8) is 0 Å². The fourth-order valence-electron chi connectivity index (χ4n) is 4.09. The van der Waals surface area contributed by atoms with Gasteiger partial charge < -0.3 is 19.8 Å². The number of rotatable bonds is 8. The molecule has 0 bridgehead atoms. The zero-order valence-electron chi connectivity index (χ0n) is 20.8. The highest BCUT2D eigenvalue weighted by Gasteiger charge is 2.37. The van der Waals surface area contributed by atoms with E-state index < -0.39 is 17.3 Å². The van der Waals surface area contributed by atoms with Crippen LogP contribution in [0.4, 0.5) is 24.2 Å². The number of aliphatic imine (C=N–C) groups is 1. The number of methoxy groups -OCH3 is 1. The molecule has 0 spiro atoms. The molecule has 0 saturated carbocycles. The van der Waals surface area contributed by atoms with Crippen LogP contribution >= 0.6 is 11.3 Å². The molecule has 1 aliphatic rings. The Labute approximate surface area is 225 Å². The molecule has 0 aliphatic carbocycles. The van der Waals surface area contributed by atoms with Crippen LogP contribution in [0.15, 0.2) is 64.0 Å². The summed E-state index contributed by atoms with van der Waals surface area (Å²) in [6.07, 6.45) is -5.61. The van der Waals surface area contributed by atoms with Crippen molar-refractivity contribution in [1.29, 1.82) is 0 Å². The number of halogens is 3. The largest absolute Gasteiger partial charge is 0.443 e. The molecule has 9 nitrogen and oxygen atoms in total. The number of carbonyl (C=O) groups is 1. The standard InChI is InChI=1S/C26H23F3N6O3S/c1-14(13-37-2)30-23-20(32-24(39-23)26(27,28)29)22-34-35-25(38-22)33-21-18(36)12-16-10-6-7-11-17(16)19(31-21)15-8-4-3-5-9-15/h3-11,14,21,30H,12-13H2,1-2H3,(H,33,35)/t14-,21-/m1/s1. The molecule has 0 unspecified atom stereocenters. The van der Waals surface area contributed by atoms with Crippen LogP contribution in [0.1, 0.15) is 28.6 Å². The average Bonchev–Trinajstić information content (AvgIpc) is 3.51. The van der Waals surface area contributed by atoms with E-state index >= 15 is 0 Å². The van der Waals surface area contributed by atoms with E-state index in [4.69, 9.17) is 14.1 Å². The first-order valence-electron chi connectivity index (χ1n) is 11.9. The van der Waals surface area contributed by atoms with E-state index in [9.17, 15) is 18.0 Å². The Morgan fingerprint density at radius 1 is 1.13 bits per heavy atom. The Morgan fingerprint density at radius 3 is 2.62 bits per heavy atom. The summed E-state index contributed by atoms with van der Waals surface area (Å²) >= 11 is 0.427. The molecule has 0 fully saturated rings. The number of fused-ring (bicyclic) bond motifs is 1. The maximum Gasteiger partial charge on any atom is 0.443 e. The monoisotopic (exact) mass is 556 g/mol. The number of Topliss-reactive ketones (excluding diaryl/α,β-unsaturated/α-hetero) is 1. The second kappa shape index (κ2) is 10.9. The van der Waals surface area contributed by atoms with Gasteiger partial charge >= 0.3 is 12.2 Å². The lowest BCUT2D eigenvalue weighted by molar-refractivity contribution is -0.137. The van der Waals surface area contributed by atoms with E-state index in [1.807, 2.05) is 54.6 Å². The SMILES string of the molecule is COC[C@@H](C)Nc1sc(C(F)(F)F)nc1-c1nnc(N[C@H]2N=C(c3ccccc3)c3ccccc3CC2=O)o1. The predicted octanol–water partition coefficient (Wildman–Crippen LogP) is 5.06. The molecule has 4 aromatic rings. The molecule has 1 aliphatic heterocycles. The van der Waals surface area contributed by atoms with Gasteiger partial charge in [0.25, 0.3) is 5.89 Å². The van der Waals surface area contributed by atoms with E-state index in [-0.39, 0.29) is 47.5 Å². The van der Waals surface area contributed by atoms with E-state index in [0.717, 1.165) is 16.7 Å². The summed E-state index contributed by atoms with van der Waals surface area (Å²) in [6, 6.07) is 16.4. The normalized spacial score (nSPS) is 16.3. The number of thiazole rings is 1. The maximum atomic E-state index is 13.4. The van der Waals surface area contributed by atoms with Gasteiger partial charge in [-0.25, -0.2) is 4.98 Å². The number of carbonyl (C=O) groups excluding carboxylic acids is 1. The lowest BCUT2D eigenvalue weighted by Gasteiger charge is -2.12. The van der Waals surface area contributed by atoms with Crippen molar-refractivity contribution in [2.45, 2.75) is 31.7 Å². The van der Waals surface area contributed by atoms with Crippen LogP contribution < -0.4 is 10.6 Å². The van der Waals surface area contributed by atoms with Gasteiger partial charge in [-0.15, -0.1) is 5.10 Å². The smallest absolute Gasteiger partial charge is 0.402 e. The number of nitrogens with zero attached hydrogens (tertiary/aromatic N) is 4. The van der Waals surface area contributed by atoms with Gasteiger partial charge in [0.05, 0.1) is 12.3 Å². The summed E-state index contributed by atoms with van der Waals surface area (Å²) in [6.45, 7) is 2.00. The third kappa shape index (κ3) is 5.83. The van der Waals surface area contributed by atoms with Crippen molar-refractivity contribution in [1.82, 2.24) is 15.2 Å². The molecule has 2 atom stereocenters. The van der Waals surface area contributed by atoms with Crippen LogP contribution in [-0.4, -0.2) is 52.6 Å². The second-order valence-corrected chi connectivity index (χ2v) is 9.80. The summed E-state index contributed by atoms with van der Waals surface area (Å²) < 4.78 is 51.0. The molecule has 5 rings (SSSR count). The van der Waals surface area contributed by atoms with Gasteiger partial charge in [-0.2, -0.15) is 13.2 Å². The van der Waals surface area contributed by atoms with Crippen molar-refractivity contribution in [3.05, 3.63) is 76.3 Å². The molecular formula is C26H23F3N6O3S. The molecule has 0 amide bonds. The highest BCUT2D eigenvalue weighted by Crippen LogP contribution is 2.41. The van der Waals surface area contributed by atoms with Crippen LogP contribution in [0.5, 0.6) is 0 Å². The van der Waals surface area contributed by atoms with Gasteiger partial charge in [0.15, 0.2) is 17.6 Å². The van der Waals surface area contributed by atoms with Gasteiger partial charge in [-0.05, 0) is 12.5 Å². The first-order valence-corrected chi connectivity index (χ1v) is 12.7. The number of ketones is 1. The van der Waals surface area contributed by atoms with Crippen LogP contribution in [0, 0.1) is 0 Å². The summed E-state index contributed by atoms with van der Waals surface area (Å²) in [5.41, 5.74) is 2.94. The third-order valence-corrected chi connectivity index (χ3v) is 6.83. The molecule has 0 saturated heterocycles. The zero-order chi connectivity index (χ0) is 27.6. The lowest BCUT2D eigenvalue weighted by Crippen LogP contribution is -2.29. The highest BCUT2D eigenvalue weighted by molar-refractivity contribution is 7.16. The maximum absolute atomic E-state index is 13.4. The predicted molar refractivity (Wildman–Crippen MR) is 140 cm³/mol. The van der Waals surface area contributed by atoms with E-state index in [2.05, 4.69) is 25.8 Å². The Balaban J connectivity index is 1.47. The number of hydrogen-bond acceptors (Lipinski definition) is 10. The van der Waals surface area contributed by atoms with Gasteiger partial charge in [0.1, 0.15) is 5.00 Å². The van der Waals surface area contributed by atoms with Crippen LogP contribution in [0.3, 0.4) is 0 Å². The minimum absolute atomic E-state index is 0.104. The molecule has 3 heterocycles. The van der Waals surface area contributed by atoms with Gasteiger partial charge in [0.2, 0.25) is 5.01 Å². The van der Waals surface area contributed by atoms with Crippen molar-refractivity contribution < 1.29 is 27.1 Å². The van der Waals surface area contributed by atoms with Crippen LogP contribution in [0.2, 0.25) is 0 Å². The van der Waals surface area contributed by atoms with Crippen LogP contribution in [-0.2, 0) is 22.1 Å². The quantitative estimate of drug-likeness (QED) is 0.310. The Morgan fingerprint density at radius 2 is 1.87 bits per heavy atom. The average molecular weight is 557 g/mol. The molecule has 2 aromatic carbocycles. The summed E-state index contributed by atoms with van der Waals surface area (Å²) in [4.78, 5) is 21.6. The van der Waals surface area contributed by atoms with Crippen molar-refractivity contribution in [2.24, 2.45) is 4.99 Å².